The van der Waals surface area contributed by atoms with E-state index in [0.717, 1.165) is 25.0 Å². The van der Waals surface area contributed by atoms with Crippen LogP contribution in [0.25, 0.3) is 0 Å². The second kappa shape index (κ2) is 4.98. The van der Waals surface area contributed by atoms with Crippen molar-refractivity contribution in [2.45, 2.75) is 18.9 Å². The lowest BCUT2D eigenvalue weighted by molar-refractivity contribution is 0.0577. The fourth-order valence-corrected chi connectivity index (χ4v) is 2.21. The number of aromatic hydroxyl groups is 1. The molecule has 0 spiro atoms. The summed E-state index contributed by atoms with van der Waals surface area (Å²) < 4.78 is 31.7. The molecule has 3 N–H and O–H groups in total. The Hall–Kier alpha value is -1.20. The number of hydrogen-bond donors (Lipinski definition) is 2. The molecule has 1 atom stereocenters. The largest absolute Gasteiger partial charge is 0.507 e. The van der Waals surface area contributed by atoms with Crippen LogP contribution in [0.15, 0.2) is 12.1 Å². The Bertz CT molecular complexity index is 382. The van der Waals surface area contributed by atoms with E-state index in [1.54, 1.807) is 0 Å². The van der Waals surface area contributed by atoms with Crippen LogP contribution in [0.3, 0.4) is 0 Å². The van der Waals surface area contributed by atoms with Gasteiger partial charge in [0.1, 0.15) is 17.4 Å². The number of benzene rings is 1. The fraction of sp³-hybridized carbons (Fsp3) is 0.500. The number of phenolic OH excluding ortho intramolecular Hbond substituents is 1. The molecule has 2 rings (SSSR count). The summed E-state index contributed by atoms with van der Waals surface area (Å²) in [5.41, 5.74) is 5.94. The molecule has 0 unspecified atom stereocenters. The molecule has 0 aromatic heterocycles. The summed E-state index contributed by atoms with van der Waals surface area (Å²) in [5, 5.41) is 9.58. The number of rotatable bonds is 2. The number of nitrogens with two attached hydrogens (primary N) is 1. The number of hydrogen-bond acceptors (Lipinski definition) is 3. The summed E-state index contributed by atoms with van der Waals surface area (Å²) in [5.74, 6) is -1.96. The van der Waals surface area contributed by atoms with E-state index in [1.165, 1.54) is 0 Å². The molecule has 0 bridgehead atoms. The highest BCUT2D eigenvalue weighted by atomic mass is 19.1. The van der Waals surface area contributed by atoms with Crippen LogP contribution < -0.4 is 5.73 Å². The Morgan fingerprint density at radius 3 is 2.53 bits per heavy atom. The van der Waals surface area contributed by atoms with E-state index in [1.807, 2.05) is 0 Å². The first-order chi connectivity index (χ1) is 8.09. The highest BCUT2D eigenvalue weighted by Crippen LogP contribution is 2.34. The maximum atomic E-state index is 13.6. The summed E-state index contributed by atoms with van der Waals surface area (Å²) >= 11 is 0. The first-order valence-electron chi connectivity index (χ1n) is 5.61. The maximum Gasteiger partial charge on any atom is 0.134 e. The van der Waals surface area contributed by atoms with Gasteiger partial charge in [0.2, 0.25) is 0 Å². The van der Waals surface area contributed by atoms with Crippen LogP contribution in [0.2, 0.25) is 0 Å². The lowest BCUT2D eigenvalue weighted by atomic mass is 9.87. The van der Waals surface area contributed by atoms with Gasteiger partial charge in [0.25, 0.3) is 0 Å². The molecule has 1 heterocycles. The lowest BCUT2D eigenvalue weighted by Gasteiger charge is -2.28. The van der Waals surface area contributed by atoms with Crippen LogP contribution in [-0.2, 0) is 4.74 Å². The molecule has 5 heteroatoms. The highest BCUT2D eigenvalue weighted by molar-refractivity contribution is 5.36. The van der Waals surface area contributed by atoms with Gasteiger partial charge in [-0.3, -0.25) is 0 Å². The van der Waals surface area contributed by atoms with Crippen molar-refractivity contribution in [1.29, 1.82) is 0 Å². The molecule has 1 aliphatic rings. The molecule has 1 aromatic rings. The van der Waals surface area contributed by atoms with Crippen LogP contribution in [0.1, 0.15) is 24.4 Å². The fourth-order valence-electron chi connectivity index (χ4n) is 2.21. The molecule has 3 nitrogen and oxygen atoms in total. The molecule has 0 amide bonds. The third kappa shape index (κ3) is 2.56. The smallest absolute Gasteiger partial charge is 0.134 e. The summed E-state index contributed by atoms with van der Waals surface area (Å²) in [6, 6.07) is 1.01. The van der Waals surface area contributed by atoms with Gasteiger partial charge in [0.15, 0.2) is 0 Å². The average molecular weight is 243 g/mol. The van der Waals surface area contributed by atoms with Gasteiger partial charge in [-0.05, 0) is 18.8 Å². The van der Waals surface area contributed by atoms with Crippen molar-refractivity contribution < 1.29 is 18.6 Å². The van der Waals surface area contributed by atoms with E-state index in [0.29, 0.717) is 13.2 Å². The zero-order valence-electron chi connectivity index (χ0n) is 9.33. The Labute approximate surface area is 98.2 Å². The molecule has 94 valence electrons. The first-order valence-corrected chi connectivity index (χ1v) is 5.61. The molecular formula is C12H15F2NO2. The molecule has 1 saturated heterocycles. The summed E-state index contributed by atoms with van der Waals surface area (Å²) in [6.07, 6.45) is 1.44. The van der Waals surface area contributed by atoms with E-state index in [-0.39, 0.29) is 11.5 Å². The molecule has 0 aliphatic carbocycles. The van der Waals surface area contributed by atoms with E-state index in [2.05, 4.69) is 0 Å². The molecule has 1 aliphatic heterocycles. The third-order valence-corrected chi connectivity index (χ3v) is 3.18. The Balaban J connectivity index is 2.26. The quantitative estimate of drug-likeness (QED) is 0.836. The van der Waals surface area contributed by atoms with E-state index in [9.17, 15) is 13.9 Å². The van der Waals surface area contributed by atoms with Crippen LogP contribution in [0.4, 0.5) is 8.78 Å². The summed E-state index contributed by atoms with van der Waals surface area (Å²) in [6.45, 7) is 1.17. The van der Waals surface area contributed by atoms with Crippen molar-refractivity contribution in [2.75, 3.05) is 13.2 Å². The number of halogens is 2. The van der Waals surface area contributed by atoms with Crippen molar-refractivity contribution in [2.24, 2.45) is 11.7 Å². The topological polar surface area (TPSA) is 55.5 Å². The average Bonchev–Trinajstić information content (AvgIpc) is 2.28. The normalized spacial score (nSPS) is 19.2. The molecule has 0 saturated carbocycles. The van der Waals surface area contributed by atoms with Gasteiger partial charge < -0.3 is 15.6 Å². The van der Waals surface area contributed by atoms with E-state index < -0.39 is 23.4 Å². The molecule has 1 aromatic carbocycles. The zero-order chi connectivity index (χ0) is 12.4. The summed E-state index contributed by atoms with van der Waals surface area (Å²) in [7, 11) is 0. The maximum absolute atomic E-state index is 13.6. The second-order valence-corrected chi connectivity index (χ2v) is 4.30. The van der Waals surface area contributed by atoms with Crippen molar-refractivity contribution in [3.63, 3.8) is 0 Å². The second-order valence-electron chi connectivity index (χ2n) is 4.30. The highest BCUT2D eigenvalue weighted by Gasteiger charge is 2.27. The SMILES string of the molecule is N[C@@H](c1c(O)cc(F)cc1F)C1CCOCC1. The minimum atomic E-state index is -0.803. The Morgan fingerprint density at radius 1 is 1.29 bits per heavy atom. The lowest BCUT2D eigenvalue weighted by Crippen LogP contribution is -2.28. The van der Waals surface area contributed by atoms with Gasteiger partial charge in [-0.1, -0.05) is 0 Å². The predicted molar refractivity (Wildman–Crippen MR) is 58.5 cm³/mol. The minimum absolute atomic E-state index is 0.00157. The Morgan fingerprint density at radius 2 is 1.94 bits per heavy atom. The third-order valence-electron chi connectivity index (χ3n) is 3.18. The van der Waals surface area contributed by atoms with E-state index >= 15 is 0 Å². The van der Waals surface area contributed by atoms with Crippen molar-refractivity contribution in [3.8, 4) is 5.75 Å². The van der Waals surface area contributed by atoms with Gasteiger partial charge >= 0.3 is 0 Å². The molecule has 1 fully saturated rings. The number of ether oxygens (including phenoxy) is 1. The van der Waals surface area contributed by atoms with Crippen molar-refractivity contribution in [3.05, 3.63) is 29.3 Å². The van der Waals surface area contributed by atoms with Crippen LogP contribution >= 0.6 is 0 Å². The molecular weight excluding hydrogens is 228 g/mol. The standard InChI is InChI=1S/C12H15F2NO2/c13-8-5-9(14)11(10(16)6-8)12(15)7-1-3-17-4-2-7/h5-7,12,16H,1-4,15H2/t12-/m1/s1. The molecule has 17 heavy (non-hydrogen) atoms. The first kappa shape index (κ1) is 12.3. The van der Waals surface area contributed by atoms with Gasteiger partial charge in [-0.15, -0.1) is 0 Å². The monoisotopic (exact) mass is 243 g/mol. The molecule has 0 radical (unpaired) electrons. The number of phenols is 1. The minimum Gasteiger partial charge on any atom is -0.507 e. The van der Waals surface area contributed by atoms with Gasteiger partial charge in [-0.25, -0.2) is 8.78 Å². The van der Waals surface area contributed by atoms with Crippen molar-refractivity contribution in [1.82, 2.24) is 0 Å². The van der Waals surface area contributed by atoms with Gasteiger partial charge in [0.05, 0.1) is 0 Å². The van der Waals surface area contributed by atoms with E-state index in [4.69, 9.17) is 10.5 Å². The van der Waals surface area contributed by atoms with Crippen LogP contribution in [0.5, 0.6) is 5.75 Å². The Kier molecular flexibility index (Phi) is 3.59. The summed E-state index contributed by atoms with van der Waals surface area (Å²) in [4.78, 5) is 0. The van der Waals surface area contributed by atoms with Crippen molar-refractivity contribution >= 4 is 0 Å². The predicted octanol–water partition coefficient (Wildman–Crippen LogP) is 2.10. The zero-order valence-corrected chi connectivity index (χ0v) is 9.33. The van der Waals surface area contributed by atoms with Gasteiger partial charge in [-0.2, -0.15) is 0 Å². The van der Waals surface area contributed by atoms with Crippen LogP contribution in [0, 0.1) is 17.6 Å². The van der Waals surface area contributed by atoms with Gasteiger partial charge in [0, 0.05) is 37.0 Å². The van der Waals surface area contributed by atoms with Crippen LogP contribution in [-0.4, -0.2) is 18.3 Å².